The molecule has 0 aliphatic rings. The van der Waals surface area contributed by atoms with Crippen molar-refractivity contribution in [3.8, 4) is 0 Å². The average molecular weight is 209 g/mol. The predicted octanol–water partition coefficient (Wildman–Crippen LogP) is 3.42. The van der Waals surface area contributed by atoms with E-state index in [0.29, 0.717) is 0 Å². The standard InChI is InChI=1S/C14H11NO/c1-2-14-13(5-8-16-14)10-12(1)9-11-3-6-15-7-4-11/h1-8,10H,9H2. The highest BCUT2D eigenvalue weighted by atomic mass is 16.3. The van der Waals surface area contributed by atoms with Gasteiger partial charge in [0.15, 0.2) is 0 Å². The van der Waals surface area contributed by atoms with Crippen molar-refractivity contribution in [2.24, 2.45) is 0 Å². The molecule has 3 rings (SSSR count). The highest BCUT2D eigenvalue weighted by Gasteiger charge is 2.00. The molecule has 3 aromatic rings. The monoisotopic (exact) mass is 209 g/mol. The summed E-state index contributed by atoms with van der Waals surface area (Å²) in [7, 11) is 0. The van der Waals surface area contributed by atoms with E-state index in [9.17, 15) is 0 Å². The topological polar surface area (TPSA) is 26.0 Å². The molecule has 0 saturated carbocycles. The zero-order valence-electron chi connectivity index (χ0n) is 8.76. The van der Waals surface area contributed by atoms with Crippen LogP contribution in [0.2, 0.25) is 0 Å². The Morgan fingerprint density at radius 2 is 1.81 bits per heavy atom. The molecule has 0 spiro atoms. The minimum absolute atomic E-state index is 0.934. The molecular weight excluding hydrogens is 198 g/mol. The maximum atomic E-state index is 5.31. The van der Waals surface area contributed by atoms with Crippen LogP contribution in [0.25, 0.3) is 11.0 Å². The van der Waals surface area contributed by atoms with Crippen molar-refractivity contribution in [2.45, 2.75) is 6.42 Å². The molecule has 0 N–H and O–H groups in total. The fourth-order valence-corrected chi connectivity index (χ4v) is 1.86. The van der Waals surface area contributed by atoms with E-state index in [-0.39, 0.29) is 0 Å². The number of benzene rings is 1. The third-order valence-electron chi connectivity index (χ3n) is 2.67. The molecular formula is C14H11NO. The number of rotatable bonds is 2. The number of furan rings is 1. The van der Waals surface area contributed by atoms with E-state index in [1.165, 1.54) is 11.1 Å². The van der Waals surface area contributed by atoms with Gasteiger partial charge in [-0.3, -0.25) is 4.98 Å². The summed E-state index contributed by atoms with van der Waals surface area (Å²) < 4.78 is 5.31. The molecule has 2 heterocycles. The van der Waals surface area contributed by atoms with Crippen molar-refractivity contribution < 1.29 is 4.42 Å². The first-order valence-electron chi connectivity index (χ1n) is 5.27. The number of aromatic nitrogens is 1. The van der Waals surface area contributed by atoms with Gasteiger partial charge in [-0.1, -0.05) is 6.07 Å². The van der Waals surface area contributed by atoms with Crippen LogP contribution in [-0.4, -0.2) is 4.98 Å². The van der Waals surface area contributed by atoms with Gasteiger partial charge in [-0.2, -0.15) is 0 Å². The number of hydrogen-bond donors (Lipinski definition) is 0. The summed E-state index contributed by atoms with van der Waals surface area (Å²) in [6.07, 6.45) is 6.31. The summed E-state index contributed by atoms with van der Waals surface area (Å²) in [5.74, 6) is 0. The first-order chi connectivity index (χ1) is 7.92. The second-order valence-corrected chi connectivity index (χ2v) is 3.83. The van der Waals surface area contributed by atoms with Gasteiger partial charge in [-0.25, -0.2) is 0 Å². The molecule has 0 unspecified atom stereocenters. The highest BCUT2D eigenvalue weighted by molar-refractivity contribution is 5.77. The lowest BCUT2D eigenvalue weighted by molar-refractivity contribution is 0.616. The molecule has 2 nitrogen and oxygen atoms in total. The van der Waals surface area contributed by atoms with Crippen molar-refractivity contribution in [1.29, 1.82) is 0 Å². The van der Waals surface area contributed by atoms with E-state index in [4.69, 9.17) is 4.42 Å². The second-order valence-electron chi connectivity index (χ2n) is 3.83. The van der Waals surface area contributed by atoms with Crippen LogP contribution in [0, 0.1) is 0 Å². The molecule has 16 heavy (non-hydrogen) atoms. The molecule has 0 fully saturated rings. The maximum absolute atomic E-state index is 5.31. The van der Waals surface area contributed by atoms with Crippen LogP contribution in [0.3, 0.4) is 0 Å². The normalized spacial score (nSPS) is 10.8. The molecule has 78 valence electrons. The Morgan fingerprint density at radius 1 is 0.938 bits per heavy atom. The van der Waals surface area contributed by atoms with Crippen molar-refractivity contribution in [2.75, 3.05) is 0 Å². The minimum atomic E-state index is 0.934. The molecule has 2 aromatic heterocycles. The lowest BCUT2D eigenvalue weighted by atomic mass is 10.0. The quantitative estimate of drug-likeness (QED) is 0.646. The zero-order chi connectivity index (χ0) is 10.8. The minimum Gasteiger partial charge on any atom is -0.464 e. The molecule has 2 heteroatoms. The summed E-state index contributed by atoms with van der Waals surface area (Å²) in [6, 6.07) is 12.4. The summed E-state index contributed by atoms with van der Waals surface area (Å²) in [4.78, 5) is 4.01. The van der Waals surface area contributed by atoms with Gasteiger partial charge in [0, 0.05) is 17.8 Å². The van der Waals surface area contributed by atoms with Gasteiger partial charge in [-0.05, 0) is 47.9 Å². The molecule has 1 aromatic carbocycles. The van der Waals surface area contributed by atoms with Gasteiger partial charge in [0.05, 0.1) is 6.26 Å². The van der Waals surface area contributed by atoms with Crippen molar-refractivity contribution in [1.82, 2.24) is 4.98 Å². The Hall–Kier alpha value is -2.09. The van der Waals surface area contributed by atoms with Crippen LogP contribution in [0.4, 0.5) is 0 Å². The lowest BCUT2D eigenvalue weighted by Gasteiger charge is -2.01. The number of fused-ring (bicyclic) bond motifs is 1. The Bertz CT molecular complexity index is 598. The largest absolute Gasteiger partial charge is 0.464 e. The molecule has 0 saturated heterocycles. The molecule has 0 bridgehead atoms. The van der Waals surface area contributed by atoms with Crippen molar-refractivity contribution >= 4 is 11.0 Å². The third-order valence-corrected chi connectivity index (χ3v) is 2.67. The van der Waals surface area contributed by atoms with E-state index >= 15 is 0 Å². The smallest absolute Gasteiger partial charge is 0.133 e. The fraction of sp³-hybridized carbons (Fsp3) is 0.0714. The van der Waals surface area contributed by atoms with Crippen LogP contribution in [0.5, 0.6) is 0 Å². The van der Waals surface area contributed by atoms with E-state index in [1.807, 2.05) is 36.7 Å². The highest BCUT2D eigenvalue weighted by Crippen LogP contribution is 2.18. The van der Waals surface area contributed by atoms with Crippen LogP contribution in [0.15, 0.2) is 59.5 Å². The maximum Gasteiger partial charge on any atom is 0.133 e. The Balaban J connectivity index is 1.94. The Kier molecular flexibility index (Phi) is 2.18. The molecule has 0 aliphatic heterocycles. The van der Waals surface area contributed by atoms with Crippen LogP contribution < -0.4 is 0 Å². The van der Waals surface area contributed by atoms with Gasteiger partial charge in [-0.15, -0.1) is 0 Å². The molecule has 0 atom stereocenters. The third kappa shape index (κ3) is 1.70. The van der Waals surface area contributed by atoms with Crippen molar-refractivity contribution in [3.05, 3.63) is 66.2 Å². The zero-order valence-corrected chi connectivity index (χ0v) is 8.76. The van der Waals surface area contributed by atoms with Gasteiger partial charge in [0.25, 0.3) is 0 Å². The van der Waals surface area contributed by atoms with Crippen LogP contribution in [0.1, 0.15) is 11.1 Å². The lowest BCUT2D eigenvalue weighted by Crippen LogP contribution is -1.87. The second kappa shape index (κ2) is 3.81. The van der Waals surface area contributed by atoms with E-state index < -0.39 is 0 Å². The molecule has 0 amide bonds. The number of pyridine rings is 1. The van der Waals surface area contributed by atoms with E-state index in [2.05, 4.69) is 17.1 Å². The summed E-state index contributed by atoms with van der Waals surface area (Å²) in [5.41, 5.74) is 3.51. The Labute approximate surface area is 93.5 Å². The first kappa shape index (κ1) is 9.16. The average Bonchev–Trinajstić information content (AvgIpc) is 2.77. The summed E-state index contributed by atoms with van der Waals surface area (Å²) in [6.45, 7) is 0. The predicted molar refractivity (Wildman–Crippen MR) is 63.3 cm³/mol. The van der Waals surface area contributed by atoms with Crippen LogP contribution in [-0.2, 0) is 6.42 Å². The SMILES string of the molecule is c1cc(Cc2ccc3occc3c2)ccn1. The number of nitrogens with zero attached hydrogens (tertiary/aromatic N) is 1. The first-order valence-corrected chi connectivity index (χ1v) is 5.27. The molecule has 0 radical (unpaired) electrons. The van der Waals surface area contributed by atoms with Crippen LogP contribution >= 0.6 is 0 Å². The number of hydrogen-bond acceptors (Lipinski definition) is 2. The Morgan fingerprint density at radius 3 is 2.69 bits per heavy atom. The fourth-order valence-electron chi connectivity index (χ4n) is 1.86. The van der Waals surface area contributed by atoms with Gasteiger partial charge in [0.2, 0.25) is 0 Å². The van der Waals surface area contributed by atoms with Gasteiger partial charge in [0.1, 0.15) is 5.58 Å². The summed E-state index contributed by atoms with van der Waals surface area (Å²) in [5, 5.41) is 1.16. The van der Waals surface area contributed by atoms with Crippen molar-refractivity contribution in [3.63, 3.8) is 0 Å². The van der Waals surface area contributed by atoms with E-state index in [0.717, 1.165) is 17.4 Å². The summed E-state index contributed by atoms with van der Waals surface area (Å²) >= 11 is 0. The van der Waals surface area contributed by atoms with Gasteiger partial charge < -0.3 is 4.42 Å². The van der Waals surface area contributed by atoms with Gasteiger partial charge >= 0.3 is 0 Å². The molecule has 0 aliphatic carbocycles. The van der Waals surface area contributed by atoms with E-state index in [1.54, 1.807) is 6.26 Å².